The summed E-state index contributed by atoms with van der Waals surface area (Å²) in [7, 11) is -3.45. The molecule has 6 heteroatoms. The van der Waals surface area contributed by atoms with E-state index in [4.69, 9.17) is 5.11 Å². The minimum absolute atomic E-state index is 0.291. The lowest BCUT2D eigenvalue weighted by molar-refractivity contribution is -0.115. The summed E-state index contributed by atoms with van der Waals surface area (Å²) in [5, 5.41) is 10.1. The quantitative estimate of drug-likeness (QED) is 0.805. The van der Waals surface area contributed by atoms with Gasteiger partial charge in [-0.05, 0) is 31.5 Å². The van der Waals surface area contributed by atoms with E-state index in [1.54, 1.807) is 18.2 Å². The zero-order valence-corrected chi connectivity index (χ0v) is 12.4. The Bertz CT molecular complexity index is 668. The van der Waals surface area contributed by atoms with Crippen molar-refractivity contribution in [1.29, 1.82) is 0 Å². The van der Waals surface area contributed by atoms with Gasteiger partial charge in [-0.1, -0.05) is 17.9 Å². The monoisotopic (exact) mass is 295 g/mol. The molecule has 1 rings (SSSR count). The summed E-state index contributed by atoms with van der Waals surface area (Å²) in [5.41, 5.74) is 1.91. The Balaban J connectivity index is 3.06. The molecule has 1 aromatic carbocycles. The fraction of sp³-hybridized carbons (Fsp3) is 0.357. The Hall–Kier alpha value is -1.84. The molecular formula is C14H17NO4S. The van der Waals surface area contributed by atoms with Gasteiger partial charge in [0.1, 0.15) is 11.9 Å². The highest BCUT2D eigenvalue weighted by Crippen LogP contribution is 2.17. The molecule has 0 aliphatic rings. The van der Waals surface area contributed by atoms with Crippen LogP contribution in [0.1, 0.15) is 18.1 Å². The van der Waals surface area contributed by atoms with Gasteiger partial charge in [-0.2, -0.15) is 0 Å². The molecule has 0 saturated carbocycles. The van der Waals surface area contributed by atoms with E-state index in [9.17, 15) is 13.2 Å². The fourth-order valence-electron chi connectivity index (χ4n) is 1.43. The van der Waals surface area contributed by atoms with Crippen LogP contribution >= 0.6 is 0 Å². The van der Waals surface area contributed by atoms with Gasteiger partial charge in [0.15, 0.2) is 9.84 Å². The summed E-state index contributed by atoms with van der Waals surface area (Å²) in [6.07, 6.45) is 1.01. The number of amides is 1. The van der Waals surface area contributed by atoms with Crippen molar-refractivity contribution in [2.24, 2.45) is 0 Å². The molecule has 0 bridgehead atoms. The van der Waals surface area contributed by atoms with Crippen LogP contribution < -0.4 is 5.32 Å². The molecule has 1 atom stereocenters. The average molecular weight is 295 g/mol. The van der Waals surface area contributed by atoms with Crippen molar-refractivity contribution in [3.63, 3.8) is 0 Å². The summed E-state index contributed by atoms with van der Waals surface area (Å²) < 4.78 is 22.7. The molecule has 0 spiro atoms. The van der Waals surface area contributed by atoms with Crippen LogP contribution in [0.5, 0.6) is 0 Å². The van der Waals surface area contributed by atoms with E-state index < -0.39 is 21.0 Å². The van der Waals surface area contributed by atoms with Gasteiger partial charge in [0.05, 0.1) is 5.69 Å². The van der Waals surface area contributed by atoms with Gasteiger partial charge in [0.25, 0.3) is 0 Å². The molecule has 1 unspecified atom stereocenters. The van der Waals surface area contributed by atoms with E-state index >= 15 is 0 Å². The number of anilines is 1. The second kappa shape index (κ2) is 6.55. The average Bonchev–Trinajstić information content (AvgIpc) is 2.36. The Morgan fingerprint density at radius 2 is 2.10 bits per heavy atom. The molecule has 1 aromatic rings. The number of aryl methyl sites for hydroxylation is 1. The van der Waals surface area contributed by atoms with Crippen molar-refractivity contribution in [2.75, 3.05) is 18.2 Å². The van der Waals surface area contributed by atoms with E-state index in [0.29, 0.717) is 11.3 Å². The molecule has 20 heavy (non-hydrogen) atoms. The van der Waals surface area contributed by atoms with Crippen LogP contribution in [0.2, 0.25) is 0 Å². The summed E-state index contributed by atoms with van der Waals surface area (Å²) in [4.78, 5) is 11.9. The zero-order chi connectivity index (χ0) is 15.3. The molecule has 0 aliphatic heterocycles. The summed E-state index contributed by atoms with van der Waals surface area (Å²) >= 11 is 0. The molecule has 1 amide bonds. The van der Waals surface area contributed by atoms with Crippen LogP contribution in [0.3, 0.4) is 0 Å². The molecule has 0 saturated heterocycles. The van der Waals surface area contributed by atoms with E-state index in [1.165, 1.54) is 6.92 Å². The number of hydrogen-bond donors (Lipinski definition) is 2. The molecule has 0 aliphatic carbocycles. The zero-order valence-electron chi connectivity index (χ0n) is 11.6. The number of aliphatic hydroxyl groups is 1. The first kappa shape index (κ1) is 16.2. The van der Waals surface area contributed by atoms with Gasteiger partial charge in [-0.25, -0.2) is 8.42 Å². The van der Waals surface area contributed by atoms with Gasteiger partial charge in [0.2, 0.25) is 5.91 Å². The van der Waals surface area contributed by atoms with Gasteiger partial charge >= 0.3 is 0 Å². The third kappa shape index (κ3) is 4.37. The standard InChI is InChI=1S/C14H17NO4S/c1-10-6-7-13(12(9-10)5-4-8-16)15-14(17)11(2)20(3,18)19/h6-7,9,11,16H,8H2,1-3H3,(H,15,17). The van der Waals surface area contributed by atoms with Crippen LogP contribution in [-0.2, 0) is 14.6 Å². The number of rotatable bonds is 3. The molecular weight excluding hydrogens is 278 g/mol. The number of hydrogen-bond acceptors (Lipinski definition) is 4. The van der Waals surface area contributed by atoms with Crippen molar-refractivity contribution < 1.29 is 18.3 Å². The highest BCUT2D eigenvalue weighted by molar-refractivity contribution is 7.92. The minimum Gasteiger partial charge on any atom is -0.384 e. The fourth-order valence-corrected chi connectivity index (χ4v) is 1.88. The Kier molecular flexibility index (Phi) is 5.31. The van der Waals surface area contributed by atoms with Gasteiger partial charge < -0.3 is 10.4 Å². The summed E-state index contributed by atoms with van der Waals surface area (Å²) in [6, 6.07) is 5.19. The van der Waals surface area contributed by atoms with E-state index in [0.717, 1.165) is 11.8 Å². The van der Waals surface area contributed by atoms with Gasteiger partial charge in [-0.3, -0.25) is 4.79 Å². The maximum atomic E-state index is 11.9. The smallest absolute Gasteiger partial charge is 0.242 e. The maximum Gasteiger partial charge on any atom is 0.242 e. The predicted molar refractivity (Wildman–Crippen MR) is 78.1 cm³/mol. The SMILES string of the molecule is Cc1ccc(NC(=O)C(C)S(C)(=O)=O)c(C#CCO)c1. The number of benzene rings is 1. The van der Waals surface area contributed by atoms with E-state index in [1.807, 2.05) is 6.92 Å². The maximum absolute atomic E-state index is 11.9. The summed E-state index contributed by atoms with van der Waals surface area (Å²) in [6.45, 7) is 2.91. The molecule has 0 heterocycles. The number of nitrogens with one attached hydrogen (secondary N) is 1. The van der Waals surface area contributed by atoms with Crippen LogP contribution in [0.25, 0.3) is 0 Å². The first-order chi connectivity index (χ1) is 9.25. The Labute approximate surface area is 118 Å². The predicted octanol–water partition coefficient (Wildman–Crippen LogP) is 0.710. The van der Waals surface area contributed by atoms with Crippen molar-refractivity contribution in [1.82, 2.24) is 0 Å². The highest BCUT2D eigenvalue weighted by Gasteiger charge is 2.23. The minimum atomic E-state index is -3.45. The first-order valence-corrected chi connectivity index (χ1v) is 7.91. The Morgan fingerprint density at radius 1 is 1.45 bits per heavy atom. The largest absolute Gasteiger partial charge is 0.384 e. The second-order valence-corrected chi connectivity index (χ2v) is 6.84. The van der Waals surface area contributed by atoms with Crippen molar-refractivity contribution >= 4 is 21.4 Å². The lowest BCUT2D eigenvalue weighted by atomic mass is 10.1. The number of carbonyl (C=O) groups is 1. The molecule has 0 fully saturated rings. The number of carbonyl (C=O) groups excluding carboxylic acids is 1. The lowest BCUT2D eigenvalue weighted by Gasteiger charge is -2.12. The van der Waals surface area contributed by atoms with E-state index in [2.05, 4.69) is 17.2 Å². The van der Waals surface area contributed by atoms with Crippen LogP contribution in [-0.4, -0.2) is 37.5 Å². The topological polar surface area (TPSA) is 83.5 Å². The van der Waals surface area contributed by atoms with Gasteiger partial charge in [0, 0.05) is 11.8 Å². The first-order valence-electron chi connectivity index (χ1n) is 5.96. The summed E-state index contributed by atoms with van der Waals surface area (Å²) in [5.74, 6) is 4.62. The van der Waals surface area contributed by atoms with Crippen LogP contribution in [0.4, 0.5) is 5.69 Å². The number of aliphatic hydroxyl groups excluding tert-OH is 1. The molecule has 108 valence electrons. The third-order valence-electron chi connectivity index (χ3n) is 2.75. The second-order valence-electron chi connectivity index (χ2n) is 4.47. The molecule has 0 aromatic heterocycles. The van der Waals surface area contributed by atoms with Crippen LogP contribution in [0.15, 0.2) is 18.2 Å². The van der Waals surface area contributed by atoms with Gasteiger partial charge in [-0.15, -0.1) is 0 Å². The van der Waals surface area contributed by atoms with E-state index in [-0.39, 0.29) is 6.61 Å². The Morgan fingerprint density at radius 3 is 2.65 bits per heavy atom. The van der Waals surface area contributed by atoms with Crippen molar-refractivity contribution in [2.45, 2.75) is 19.1 Å². The lowest BCUT2D eigenvalue weighted by Crippen LogP contribution is -2.32. The molecule has 5 nitrogen and oxygen atoms in total. The molecule has 2 N–H and O–H groups in total. The highest BCUT2D eigenvalue weighted by atomic mass is 32.2. The van der Waals surface area contributed by atoms with Crippen LogP contribution in [0, 0.1) is 18.8 Å². The number of sulfone groups is 1. The normalized spacial score (nSPS) is 12.2. The van der Waals surface area contributed by atoms with Crippen molar-refractivity contribution in [3.8, 4) is 11.8 Å². The molecule has 0 radical (unpaired) electrons. The third-order valence-corrected chi connectivity index (χ3v) is 4.25. The van der Waals surface area contributed by atoms with Crippen molar-refractivity contribution in [3.05, 3.63) is 29.3 Å².